The van der Waals surface area contributed by atoms with Crippen molar-refractivity contribution in [3.05, 3.63) is 18.3 Å². The van der Waals surface area contributed by atoms with E-state index in [4.69, 9.17) is 0 Å². The van der Waals surface area contributed by atoms with Crippen LogP contribution in [0.25, 0.3) is 0 Å². The number of carbonyl (C=O) groups excluding carboxylic acids is 1. The molecule has 0 bridgehead atoms. The van der Waals surface area contributed by atoms with Gasteiger partial charge in [0.15, 0.2) is 0 Å². The number of hydrogen-bond acceptors (Lipinski definition) is 3. The molecule has 1 heterocycles. The molecule has 0 aliphatic heterocycles. The zero-order chi connectivity index (χ0) is 15.8. The van der Waals surface area contributed by atoms with Crippen molar-refractivity contribution in [3.8, 4) is 0 Å². The second-order valence-corrected chi connectivity index (χ2v) is 6.47. The lowest BCUT2D eigenvalue weighted by molar-refractivity contribution is 0.244. The van der Waals surface area contributed by atoms with Gasteiger partial charge in [-0.15, -0.1) is 0 Å². The standard InChI is InChI=1S/C17H28N4O/c1-13(2)10-11-18-16-9-8-15(12-19-16)21-17(22)20-14-6-4-3-5-7-14/h8-9,12-14H,3-7,10-11H2,1-2H3,(H,18,19)(H2,20,21,22). The molecule has 5 nitrogen and oxygen atoms in total. The molecule has 22 heavy (non-hydrogen) atoms. The smallest absolute Gasteiger partial charge is 0.319 e. The Kier molecular flexibility index (Phi) is 6.49. The highest BCUT2D eigenvalue weighted by molar-refractivity contribution is 5.89. The van der Waals surface area contributed by atoms with Crippen LogP contribution in [0.1, 0.15) is 52.4 Å². The van der Waals surface area contributed by atoms with Gasteiger partial charge in [-0.05, 0) is 37.3 Å². The summed E-state index contributed by atoms with van der Waals surface area (Å²) in [5.41, 5.74) is 0.725. The van der Waals surface area contributed by atoms with Gasteiger partial charge in [-0.3, -0.25) is 0 Å². The number of pyridine rings is 1. The van der Waals surface area contributed by atoms with Crippen LogP contribution >= 0.6 is 0 Å². The van der Waals surface area contributed by atoms with Crippen molar-refractivity contribution in [2.24, 2.45) is 5.92 Å². The first-order valence-corrected chi connectivity index (χ1v) is 8.41. The van der Waals surface area contributed by atoms with Crippen LogP contribution in [0.2, 0.25) is 0 Å². The summed E-state index contributed by atoms with van der Waals surface area (Å²) in [4.78, 5) is 16.3. The highest BCUT2D eigenvalue weighted by Gasteiger charge is 2.15. The number of urea groups is 1. The van der Waals surface area contributed by atoms with E-state index in [0.29, 0.717) is 12.0 Å². The minimum absolute atomic E-state index is 0.130. The molecule has 0 saturated heterocycles. The van der Waals surface area contributed by atoms with E-state index in [1.54, 1.807) is 6.20 Å². The summed E-state index contributed by atoms with van der Waals surface area (Å²) in [5, 5.41) is 9.17. The van der Waals surface area contributed by atoms with Gasteiger partial charge < -0.3 is 16.0 Å². The van der Waals surface area contributed by atoms with Crippen LogP contribution in [0, 0.1) is 5.92 Å². The van der Waals surface area contributed by atoms with Gasteiger partial charge in [0.1, 0.15) is 5.82 Å². The van der Waals surface area contributed by atoms with Gasteiger partial charge in [0.2, 0.25) is 0 Å². The van der Waals surface area contributed by atoms with Gasteiger partial charge in [0.05, 0.1) is 11.9 Å². The molecule has 1 aromatic rings. The third kappa shape index (κ3) is 5.92. The van der Waals surface area contributed by atoms with Gasteiger partial charge in [-0.2, -0.15) is 0 Å². The Balaban J connectivity index is 1.74. The molecule has 5 heteroatoms. The molecule has 1 fully saturated rings. The Morgan fingerprint density at radius 2 is 2.05 bits per heavy atom. The molecule has 1 aliphatic rings. The SMILES string of the molecule is CC(C)CCNc1ccc(NC(=O)NC2CCCCC2)cn1. The van der Waals surface area contributed by atoms with Crippen molar-refractivity contribution < 1.29 is 4.79 Å². The summed E-state index contributed by atoms with van der Waals surface area (Å²) in [6.07, 6.45) is 8.69. The fraction of sp³-hybridized carbons (Fsp3) is 0.647. The van der Waals surface area contributed by atoms with Crippen LogP contribution in [-0.2, 0) is 0 Å². The third-order valence-corrected chi connectivity index (χ3v) is 3.99. The Bertz CT molecular complexity index is 452. The van der Waals surface area contributed by atoms with Crippen molar-refractivity contribution in [3.63, 3.8) is 0 Å². The number of aromatic nitrogens is 1. The zero-order valence-electron chi connectivity index (χ0n) is 13.7. The van der Waals surface area contributed by atoms with E-state index < -0.39 is 0 Å². The van der Waals surface area contributed by atoms with Crippen molar-refractivity contribution in [2.45, 2.75) is 58.4 Å². The molecule has 2 amide bonds. The van der Waals surface area contributed by atoms with E-state index in [1.165, 1.54) is 19.3 Å². The molecule has 3 N–H and O–H groups in total. The fourth-order valence-electron chi connectivity index (χ4n) is 2.66. The van der Waals surface area contributed by atoms with Gasteiger partial charge in [0, 0.05) is 12.6 Å². The van der Waals surface area contributed by atoms with Crippen LogP contribution in [0.15, 0.2) is 18.3 Å². The normalized spacial score (nSPS) is 15.6. The Morgan fingerprint density at radius 3 is 2.68 bits per heavy atom. The number of nitrogens with zero attached hydrogens (tertiary/aromatic N) is 1. The summed E-state index contributed by atoms with van der Waals surface area (Å²) in [6, 6.07) is 3.97. The maximum absolute atomic E-state index is 11.9. The molecule has 0 radical (unpaired) electrons. The van der Waals surface area contributed by atoms with E-state index >= 15 is 0 Å². The molecule has 0 aromatic carbocycles. The molecule has 1 aromatic heterocycles. The molecule has 1 saturated carbocycles. The molecular formula is C17H28N4O. The third-order valence-electron chi connectivity index (χ3n) is 3.99. The predicted octanol–water partition coefficient (Wildman–Crippen LogP) is 3.99. The van der Waals surface area contributed by atoms with Crippen LogP contribution < -0.4 is 16.0 Å². The van der Waals surface area contributed by atoms with Crippen molar-refractivity contribution in [2.75, 3.05) is 17.2 Å². The minimum Gasteiger partial charge on any atom is -0.370 e. The summed E-state index contributed by atoms with van der Waals surface area (Å²) in [5.74, 6) is 1.52. The molecule has 122 valence electrons. The van der Waals surface area contributed by atoms with Crippen LogP contribution in [0.4, 0.5) is 16.3 Å². The molecule has 0 atom stereocenters. The number of amides is 2. The van der Waals surface area contributed by atoms with Crippen molar-refractivity contribution in [1.29, 1.82) is 0 Å². The Morgan fingerprint density at radius 1 is 1.27 bits per heavy atom. The van der Waals surface area contributed by atoms with Gasteiger partial charge in [-0.1, -0.05) is 33.1 Å². The Hall–Kier alpha value is -1.78. The zero-order valence-corrected chi connectivity index (χ0v) is 13.7. The lowest BCUT2D eigenvalue weighted by atomic mass is 9.96. The highest BCUT2D eigenvalue weighted by atomic mass is 16.2. The average Bonchev–Trinajstić information content (AvgIpc) is 2.49. The van der Waals surface area contributed by atoms with Crippen LogP contribution in [-0.4, -0.2) is 23.6 Å². The van der Waals surface area contributed by atoms with Gasteiger partial charge >= 0.3 is 6.03 Å². The average molecular weight is 304 g/mol. The van der Waals surface area contributed by atoms with E-state index in [-0.39, 0.29) is 6.03 Å². The summed E-state index contributed by atoms with van der Waals surface area (Å²) in [6.45, 7) is 5.32. The maximum atomic E-state index is 11.9. The number of carbonyl (C=O) groups is 1. The number of anilines is 2. The van der Waals surface area contributed by atoms with E-state index in [1.807, 2.05) is 12.1 Å². The first kappa shape index (κ1) is 16.6. The second-order valence-electron chi connectivity index (χ2n) is 6.47. The number of nitrogens with one attached hydrogen (secondary N) is 3. The lowest BCUT2D eigenvalue weighted by Gasteiger charge is -2.22. The molecular weight excluding hydrogens is 276 g/mol. The highest BCUT2D eigenvalue weighted by Crippen LogP contribution is 2.17. The molecule has 0 unspecified atom stereocenters. The minimum atomic E-state index is -0.130. The fourth-order valence-corrected chi connectivity index (χ4v) is 2.66. The predicted molar refractivity (Wildman–Crippen MR) is 91.2 cm³/mol. The summed E-state index contributed by atoms with van der Waals surface area (Å²) < 4.78 is 0. The number of rotatable bonds is 6. The number of hydrogen-bond donors (Lipinski definition) is 3. The van der Waals surface area contributed by atoms with Crippen LogP contribution in [0.5, 0.6) is 0 Å². The summed E-state index contributed by atoms with van der Waals surface area (Å²) in [7, 11) is 0. The van der Waals surface area contributed by atoms with E-state index in [9.17, 15) is 4.79 Å². The van der Waals surface area contributed by atoms with Crippen LogP contribution in [0.3, 0.4) is 0 Å². The Labute approximate surface area is 133 Å². The largest absolute Gasteiger partial charge is 0.370 e. The van der Waals surface area contributed by atoms with Crippen molar-refractivity contribution in [1.82, 2.24) is 10.3 Å². The first-order valence-electron chi connectivity index (χ1n) is 8.41. The topological polar surface area (TPSA) is 66.0 Å². The van der Waals surface area contributed by atoms with Gasteiger partial charge in [-0.25, -0.2) is 9.78 Å². The summed E-state index contributed by atoms with van der Waals surface area (Å²) >= 11 is 0. The quantitative estimate of drug-likeness (QED) is 0.744. The molecule has 2 rings (SSSR count). The van der Waals surface area contributed by atoms with Crippen molar-refractivity contribution >= 4 is 17.5 Å². The van der Waals surface area contributed by atoms with Gasteiger partial charge in [0.25, 0.3) is 0 Å². The van der Waals surface area contributed by atoms with E-state index in [2.05, 4.69) is 34.8 Å². The second kappa shape index (κ2) is 8.61. The maximum Gasteiger partial charge on any atom is 0.319 e. The van der Waals surface area contributed by atoms with E-state index in [0.717, 1.165) is 37.3 Å². The monoisotopic (exact) mass is 304 g/mol. The lowest BCUT2D eigenvalue weighted by Crippen LogP contribution is -2.39. The first-order chi connectivity index (χ1) is 10.6. The molecule has 0 spiro atoms. The molecule has 1 aliphatic carbocycles.